The molecule has 0 unspecified atom stereocenters. The second kappa shape index (κ2) is 5.39. The molecule has 0 aliphatic carbocycles. The summed E-state index contributed by atoms with van der Waals surface area (Å²) < 4.78 is 0.596. The summed E-state index contributed by atoms with van der Waals surface area (Å²) in [5, 5.41) is 0. The first kappa shape index (κ1) is 12.8. The first-order chi connectivity index (χ1) is 9.72. The fraction of sp³-hybridized carbons (Fsp3) is 0.0588. The molecule has 0 spiro atoms. The molecule has 0 bridgehead atoms. The van der Waals surface area contributed by atoms with E-state index in [1.807, 2.05) is 36.4 Å². The summed E-state index contributed by atoms with van der Waals surface area (Å²) in [6, 6.07) is 20.3. The van der Waals surface area contributed by atoms with E-state index in [-0.39, 0.29) is 0 Å². The van der Waals surface area contributed by atoms with E-state index < -0.39 is 0 Å². The average molecular weight is 278 g/mol. The van der Waals surface area contributed by atoms with Crippen molar-refractivity contribution in [3.05, 3.63) is 70.9 Å². The molecule has 0 aliphatic rings. The third-order valence-electron chi connectivity index (χ3n) is 3.12. The van der Waals surface area contributed by atoms with Gasteiger partial charge in [-0.15, -0.1) is 0 Å². The Balaban J connectivity index is 2.15. The lowest BCUT2D eigenvalue weighted by Gasteiger charge is -2.07. The molecule has 2 nitrogen and oxygen atoms in total. The van der Waals surface area contributed by atoms with Gasteiger partial charge >= 0.3 is 0 Å². The molecule has 1 N–H and O–H groups in total. The average Bonchev–Trinajstić information content (AvgIpc) is 2.47. The monoisotopic (exact) mass is 278 g/mol. The molecule has 98 valence electrons. The number of rotatable bonds is 2. The van der Waals surface area contributed by atoms with Crippen LogP contribution in [0, 0.1) is 11.6 Å². The molecule has 3 rings (SSSR count). The second-order valence-electron chi connectivity index (χ2n) is 4.72. The summed E-state index contributed by atoms with van der Waals surface area (Å²) in [6.45, 7) is 2.07. The van der Waals surface area contributed by atoms with Crippen LogP contribution in [-0.2, 0) is 0 Å². The largest absolute Gasteiger partial charge is 0.339 e. The summed E-state index contributed by atoms with van der Waals surface area (Å²) in [5.74, 6) is 0.806. The van der Waals surface area contributed by atoms with Crippen LogP contribution in [-0.4, -0.2) is 9.97 Å². The number of H-pyrrole nitrogens is 1. The van der Waals surface area contributed by atoms with Gasteiger partial charge in [0.05, 0.1) is 0 Å². The summed E-state index contributed by atoms with van der Waals surface area (Å²) in [5.41, 5.74) is 4.35. The first-order valence-corrected chi connectivity index (χ1v) is 6.87. The zero-order valence-electron chi connectivity index (χ0n) is 11.1. The van der Waals surface area contributed by atoms with Crippen molar-refractivity contribution >= 4 is 12.2 Å². The van der Waals surface area contributed by atoms with Crippen LogP contribution >= 0.6 is 12.2 Å². The molecule has 0 atom stereocenters. The molecule has 0 saturated heterocycles. The molecule has 3 heteroatoms. The molecule has 0 aliphatic heterocycles. The maximum atomic E-state index is 5.29. The molecule has 1 aromatic heterocycles. The van der Waals surface area contributed by atoms with Gasteiger partial charge in [0, 0.05) is 11.3 Å². The van der Waals surface area contributed by atoms with E-state index >= 15 is 0 Å². The number of hydrogen-bond donors (Lipinski definition) is 1. The second-order valence-corrected chi connectivity index (χ2v) is 5.14. The van der Waals surface area contributed by atoms with E-state index in [9.17, 15) is 0 Å². The predicted molar refractivity (Wildman–Crippen MR) is 85.0 cm³/mol. The van der Waals surface area contributed by atoms with E-state index in [1.165, 1.54) is 5.56 Å². The number of aromatic amines is 1. The van der Waals surface area contributed by atoms with Crippen LogP contribution in [0.15, 0.2) is 60.7 Å². The minimum atomic E-state index is 0.596. The van der Waals surface area contributed by atoms with Crippen LogP contribution < -0.4 is 0 Å². The van der Waals surface area contributed by atoms with Gasteiger partial charge in [-0.05, 0) is 24.6 Å². The van der Waals surface area contributed by atoms with Crippen LogP contribution in [0.25, 0.3) is 22.6 Å². The molecule has 2 aromatic carbocycles. The number of hydrogen-bond acceptors (Lipinski definition) is 2. The van der Waals surface area contributed by atoms with Gasteiger partial charge in [0.1, 0.15) is 10.5 Å². The van der Waals surface area contributed by atoms with E-state index in [1.54, 1.807) is 0 Å². The summed E-state index contributed by atoms with van der Waals surface area (Å²) in [6.07, 6.45) is 0. The van der Waals surface area contributed by atoms with Gasteiger partial charge in [-0.25, -0.2) is 4.98 Å². The highest BCUT2D eigenvalue weighted by molar-refractivity contribution is 7.71. The van der Waals surface area contributed by atoms with Crippen molar-refractivity contribution in [2.75, 3.05) is 0 Å². The normalized spacial score (nSPS) is 10.4. The molecule has 1 heterocycles. The Morgan fingerprint density at radius 1 is 0.900 bits per heavy atom. The lowest BCUT2D eigenvalue weighted by atomic mass is 10.1. The van der Waals surface area contributed by atoms with Gasteiger partial charge in [-0.2, -0.15) is 0 Å². The number of nitrogens with one attached hydrogen (secondary N) is 1. The van der Waals surface area contributed by atoms with Crippen molar-refractivity contribution in [2.24, 2.45) is 0 Å². The summed E-state index contributed by atoms with van der Waals surface area (Å²) in [4.78, 5) is 7.80. The highest BCUT2D eigenvalue weighted by Gasteiger charge is 2.04. The Morgan fingerprint density at radius 3 is 2.40 bits per heavy atom. The van der Waals surface area contributed by atoms with Crippen molar-refractivity contribution in [2.45, 2.75) is 6.92 Å². The topological polar surface area (TPSA) is 28.7 Å². The minimum absolute atomic E-state index is 0.596. The summed E-state index contributed by atoms with van der Waals surface area (Å²) in [7, 11) is 0. The van der Waals surface area contributed by atoms with Crippen molar-refractivity contribution in [3.63, 3.8) is 0 Å². The standard InChI is InChI=1S/C17H14N2S/c1-12-6-5-9-14(10-12)17-18-15(11-16(20)19-17)13-7-3-2-4-8-13/h2-11H,1H3,(H,18,19,20). The zero-order valence-corrected chi connectivity index (χ0v) is 11.9. The molecule has 20 heavy (non-hydrogen) atoms. The van der Waals surface area contributed by atoms with Gasteiger partial charge in [0.15, 0.2) is 0 Å². The van der Waals surface area contributed by atoms with E-state index in [2.05, 4.69) is 41.2 Å². The lowest BCUT2D eigenvalue weighted by Crippen LogP contribution is -1.93. The number of aryl methyl sites for hydroxylation is 1. The predicted octanol–water partition coefficient (Wildman–Crippen LogP) is 4.78. The number of nitrogens with zero attached hydrogens (tertiary/aromatic N) is 1. The SMILES string of the molecule is Cc1cccc(-c2nc(=S)cc(-c3ccccc3)[nH]2)c1. The molecular weight excluding hydrogens is 264 g/mol. The molecule has 0 fully saturated rings. The number of benzene rings is 2. The molecular formula is C17H14N2S. The van der Waals surface area contributed by atoms with Crippen molar-refractivity contribution in [1.29, 1.82) is 0 Å². The van der Waals surface area contributed by atoms with Gasteiger partial charge in [0.25, 0.3) is 0 Å². The van der Waals surface area contributed by atoms with Gasteiger partial charge in [-0.3, -0.25) is 0 Å². The quantitative estimate of drug-likeness (QED) is 0.683. The molecule has 0 saturated carbocycles. The van der Waals surface area contributed by atoms with Crippen LogP contribution in [0.2, 0.25) is 0 Å². The lowest BCUT2D eigenvalue weighted by molar-refractivity contribution is 1.16. The van der Waals surface area contributed by atoms with E-state index in [0.29, 0.717) is 4.64 Å². The van der Waals surface area contributed by atoms with Crippen molar-refractivity contribution < 1.29 is 0 Å². The first-order valence-electron chi connectivity index (χ1n) is 6.46. The van der Waals surface area contributed by atoms with Crippen molar-refractivity contribution in [1.82, 2.24) is 9.97 Å². The van der Waals surface area contributed by atoms with Crippen LogP contribution in [0.3, 0.4) is 0 Å². The van der Waals surface area contributed by atoms with Crippen LogP contribution in [0.4, 0.5) is 0 Å². The van der Waals surface area contributed by atoms with Crippen LogP contribution in [0.5, 0.6) is 0 Å². The Kier molecular flexibility index (Phi) is 3.44. The van der Waals surface area contributed by atoms with E-state index in [4.69, 9.17) is 12.2 Å². The molecule has 0 radical (unpaired) electrons. The zero-order chi connectivity index (χ0) is 13.9. The Hall–Kier alpha value is -2.26. The van der Waals surface area contributed by atoms with Gasteiger partial charge in [0.2, 0.25) is 0 Å². The maximum Gasteiger partial charge on any atom is 0.139 e. The Morgan fingerprint density at radius 2 is 1.65 bits per heavy atom. The summed E-state index contributed by atoms with van der Waals surface area (Å²) >= 11 is 5.29. The third kappa shape index (κ3) is 2.68. The Labute approximate surface area is 123 Å². The number of aromatic nitrogens is 2. The fourth-order valence-corrected chi connectivity index (χ4v) is 2.37. The van der Waals surface area contributed by atoms with Crippen molar-refractivity contribution in [3.8, 4) is 22.6 Å². The van der Waals surface area contributed by atoms with Gasteiger partial charge in [-0.1, -0.05) is 66.3 Å². The maximum absolute atomic E-state index is 5.29. The highest BCUT2D eigenvalue weighted by atomic mass is 32.1. The smallest absolute Gasteiger partial charge is 0.139 e. The third-order valence-corrected chi connectivity index (χ3v) is 3.33. The van der Waals surface area contributed by atoms with Crippen LogP contribution in [0.1, 0.15) is 5.56 Å². The van der Waals surface area contributed by atoms with Gasteiger partial charge < -0.3 is 4.98 Å². The molecule has 0 amide bonds. The molecule has 3 aromatic rings. The van der Waals surface area contributed by atoms with E-state index in [0.717, 1.165) is 22.6 Å². The highest BCUT2D eigenvalue weighted by Crippen LogP contribution is 2.21. The Bertz CT molecular complexity index is 791. The minimum Gasteiger partial charge on any atom is -0.339 e. The fourth-order valence-electron chi connectivity index (χ4n) is 2.16.